The largest absolute Gasteiger partial charge is 0.369 e. The Hall–Kier alpha value is -3.29. The summed E-state index contributed by atoms with van der Waals surface area (Å²) in [5, 5.41) is 10.0. The van der Waals surface area contributed by atoms with Gasteiger partial charge in [-0.1, -0.05) is 12.7 Å². The van der Waals surface area contributed by atoms with Crippen molar-refractivity contribution in [2.45, 2.75) is 46.1 Å². The maximum atomic E-state index is 13.9. The summed E-state index contributed by atoms with van der Waals surface area (Å²) in [6.45, 7) is 10.8. The van der Waals surface area contributed by atoms with Crippen LogP contribution in [0.5, 0.6) is 0 Å². The van der Waals surface area contributed by atoms with E-state index in [0.717, 1.165) is 36.1 Å². The van der Waals surface area contributed by atoms with Crippen LogP contribution in [0.2, 0.25) is 0 Å². The van der Waals surface area contributed by atoms with Gasteiger partial charge in [0, 0.05) is 30.5 Å². The normalized spacial score (nSPS) is 16.8. The number of amides is 1. The van der Waals surface area contributed by atoms with E-state index in [9.17, 15) is 9.18 Å². The highest BCUT2D eigenvalue weighted by molar-refractivity contribution is 5.91. The lowest BCUT2D eigenvalue weighted by Crippen LogP contribution is -2.37. The maximum absolute atomic E-state index is 13.9. The molecule has 164 valence electrons. The van der Waals surface area contributed by atoms with Gasteiger partial charge < -0.3 is 10.2 Å². The molecule has 2 aromatic rings. The summed E-state index contributed by atoms with van der Waals surface area (Å²) in [5.41, 5.74) is 3.31. The van der Waals surface area contributed by atoms with Crippen LogP contribution in [0.1, 0.15) is 47.2 Å². The summed E-state index contributed by atoms with van der Waals surface area (Å²) in [6, 6.07) is -0.258. The number of hydrogen-bond acceptors (Lipinski definition) is 5. The Bertz CT molecular complexity index is 996. The second kappa shape index (κ2) is 10.1. The molecule has 1 aliphatic heterocycles. The zero-order valence-corrected chi connectivity index (χ0v) is 18.3. The fourth-order valence-corrected chi connectivity index (χ4v) is 3.64. The number of anilines is 1. The van der Waals surface area contributed by atoms with Crippen molar-refractivity contribution in [2.75, 3.05) is 18.4 Å². The van der Waals surface area contributed by atoms with Crippen LogP contribution in [0, 0.1) is 13.8 Å². The molecule has 0 bridgehead atoms. The fourth-order valence-electron chi connectivity index (χ4n) is 3.64. The van der Waals surface area contributed by atoms with Crippen molar-refractivity contribution in [2.24, 2.45) is 0 Å². The van der Waals surface area contributed by atoms with Gasteiger partial charge in [-0.25, -0.2) is 14.4 Å². The lowest BCUT2D eigenvalue weighted by molar-refractivity contribution is 0.0745. The van der Waals surface area contributed by atoms with E-state index in [1.807, 2.05) is 20.0 Å². The summed E-state index contributed by atoms with van der Waals surface area (Å²) in [5.74, 6) is 0.155. The Labute approximate surface area is 182 Å². The number of likely N-dealkylation sites (tertiary alicyclic amines) is 1. The number of aromatic amines is 1. The number of hydrogen-bond donors (Lipinski definition) is 2. The number of nitrogens with one attached hydrogen (secondary N) is 2. The molecule has 1 amide bonds. The molecular formula is C23H29FN6O. The number of aryl methyl sites for hydroxylation is 1. The molecule has 2 aromatic heterocycles. The minimum Gasteiger partial charge on any atom is -0.369 e. The van der Waals surface area contributed by atoms with E-state index >= 15 is 0 Å². The molecule has 1 atom stereocenters. The van der Waals surface area contributed by atoms with Crippen molar-refractivity contribution in [3.63, 3.8) is 0 Å². The first-order valence-corrected chi connectivity index (χ1v) is 10.5. The van der Waals surface area contributed by atoms with Crippen LogP contribution in [-0.2, 0) is 6.42 Å². The molecule has 31 heavy (non-hydrogen) atoms. The van der Waals surface area contributed by atoms with Crippen LogP contribution in [0.4, 0.5) is 10.2 Å². The van der Waals surface area contributed by atoms with E-state index in [2.05, 4.69) is 32.1 Å². The minimum atomic E-state index is -0.377. The molecule has 0 unspecified atom stereocenters. The lowest BCUT2D eigenvalue weighted by Gasteiger charge is -2.25. The first kappa shape index (κ1) is 22.4. The van der Waals surface area contributed by atoms with Gasteiger partial charge in [0.2, 0.25) is 5.82 Å². The number of aromatic nitrogens is 4. The standard InChI is InChI=1S/C23H29FN6O/c1-5-7-19(24)12-15(2)20-8-6-11-30(20)23(31)22-28-17(4)16(3)21(29-22)25-10-9-18-13-26-27-14-18/h5,7,12-14,20H,2,6,8-11H2,1,3-4H3,(H,26,27)(H,25,28,29)/b7-5-,19-12+/t20-/m1/s1. The molecule has 1 fully saturated rings. The van der Waals surface area contributed by atoms with Crippen molar-refractivity contribution in [1.82, 2.24) is 25.1 Å². The Morgan fingerprint density at radius 1 is 1.42 bits per heavy atom. The van der Waals surface area contributed by atoms with Crippen molar-refractivity contribution < 1.29 is 9.18 Å². The monoisotopic (exact) mass is 424 g/mol. The van der Waals surface area contributed by atoms with Crippen molar-refractivity contribution in [1.29, 1.82) is 0 Å². The molecule has 0 saturated carbocycles. The molecule has 1 saturated heterocycles. The number of rotatable bonds is 8. The maximum Gasteiger partial charge on any atom is 0.292 e. The van der Waals surface area contributed by atoms with Gasteiger partial charge in [-0.05, 0) is 63.3 Å². The Kier molecular flexibility index (Phi) is 7.33. The summed E-state index contributed by atoms with van der Waals surface area (Å²) in [7, 11) is 0. The van der Waals surface area contributed by atoms with Crippen molar-refractivity contribution in [3.8, 4) is 0 Å². The average molecular weight is 425 g/mol. The van der Waals surface area contributed by atoms with Crippen LogP contribution in [-0.4, -0.2) is 50.1 Å². The van der Waals surface area contributed by atoms with Gasteiger partial charge in [0.05, 0.1) is 12.2 Å². The molecular weight excluding hydrogens is 395 g/mol. The highest BCUT2D eigenvalue weighted by atomic mass is 19.1. The zero-order chi connectivity index (χ0) is 22.4. The highest BCUT2D eigenvalue weighted by Gasteiger charge is 2.32. The predicted octanol–water partition coefficient (Wildman–Crippen LogP) is 4.06. The lowest BCUT2D eigenvalue weighted by atomic mass is 10.1. The first-order chi connectivity index (χ1) is 14.9. The van der Waals surface area contributed by atoms with Crippen LogP contribution >= 0.6 is 0 Å². The molecule has 0 spiro atoms. The summed E-state index contributed by atoms with van der Waals surface area (Å²) < 4.78 is 13.9. The Morgan fingerprint density at radius 3 is 2.94 bits per heavy atom. The zero-order valence-electron chi connectivity index (χ0n) is 18.3. The van der Waals surface area contributed by atoms with E-state index in [0.29, 0.717) is 24.5 Å². The van der Waals surface area contributed by atoms with Crippen LogP contribution in [0.3, 0.4) is 0 Å². The van der Waals surface area contributed by atoms with E-state index in [1.54, 1.807) is 24.1 Å². The van der Waals surface area contributed by atoms with E-state index in [1.165, 1.54) is 12.2 Å². The van der Waals surface area contributed by atoms with Gasteiger partial charge in [0.15, 0.2) is 0 Å². The van der Waals surface area contributed by atoms with Gasteiger partial charge in [0.25, 0.3) is 5.91 Å². The second-order valence-electron chi connectivity index (χ2n) is 7.65. The SMILES string of the molecule is C=C(/C=C(F)\C=C/C)[C@H]1CCCN1C(=O)c1nc(C)c(C)c(NCCc2cn[nH]c2)n1. The van der Waals surface area contributed by atoms with Crippen LogP contribution < -0.4 is 5.32 Å². The molecule has 0 radical (unpaired) electrons. The third kappa shape index (κ3) is 5.45. The summed E-state index contributed by atoms with van der Waals surface area (Å²) >= 11 is 0. The number of H-pyrrole nitrogens is 1. The molecule has 3 rings (SSSR count). The average Bonchev–Trinajstić information content (AvgIpc) is 3.42. The first-order valence-electron chi connectivity index (χ1n) is 10.5. The molecule has 1 aliphatic rings. The Balaban J connectivity index is 1.76. The molecule has 0 aliphatic carbocycles. The number of carbonyl (C=O) groups excluding carboxylic acids is 1. The van der Waals surface area contributed by atoms with E-state index in [-0.39, 0.29) is 23.6 Å². The number of allylic oxidation sites excluding steroid dienone is 3. The summed E-state index contributed by atoms with van der Waals surface area (Å²) in [4.78, 5) is 23.9. The second-order valence-corrected chi connectivity index (χ2v) is 7.65. The van der Waals surface area contributed by atoms with Gasteiger partial charge in [0.1, 0.15) is 11.6 Å². The van der Waals surface area contributed by atoms with Crippen LogP contribution in [0.25, 0.3) is 0 Å². The molecule has 7 nitrogen and oxygen atoms in total. The van der Waals surface area contributed by atoms with E-state index in [4.69, 9.17) is 0 Å². The summed E-state index contributed by atoms with van der Waals surface area (Å²) in [6.07, 6.45) is 10.4. The Morgan fingerprint density at radius 2 is 2.23 bits per heavy atom. The molecule has 0 aromatic carbocycles. The predicted molar refractivity (Wildman–Crippen MR) is 119 cm³/mol. The van der Waals surface area contributed by atoms with Crippen LogP contribution in [0.15, 0.2) is 48.6 Å². The molecule has 8 heteroatoms. The highest BCUT2D eigenvalue weighted by Crippen LogP contribution is 2.27. The molecule has 2 N–H and O–H groups in total. The topological polar surface area (TPSA) is 86.8 Å². The fraction of sp³-hybridized carbons (Fsp3) is 0.391. The van der Waals surface area contributed by atoms with Gasteiger partial charge in [-0.2, -0.15) is 5.10 Å². The molecule has 3 heterocycles. The van der Waals surface area contributed by atoms with Crippen molar-refractivity contribution in [3.05, 3.63) is 71.2 Å². The van der Waals surface area contributed by atoms with Gasteiger partial charge >= 0.3 is 0 Å². The van der Waals surface area contributed by atoms with Crippen molar-refractivity contribution >= 4 is 11.7 Å². The third-order valence-corrected chi connectivity index (χ3v) is 5.43. The van der Waals surface area contributed by atoms with E-state index < -0.39 is 0 Å². The number of halogens is 1. The van der Waals surface area contributed by atoms with Gasteiger partial charge in [-0.3, -0.25) is 9.89 Å². The minimum absolute atomic E-state index is 0.145. The quantitative estimate of drug-likeness (QED) is 0.624. The number of nitrogens with zero attached hydrogens (tertiary/aromatic N) is 4. The third-order valence-electron chi connectivity index (χ3n) is 5.43. The van der Waals surface area contributed by atoms with Gasteiger partial charge in [-0.15, -0.1) is 0 Å². The smallest absolute Gasteiger partial charge is 0.292 e. The number of carbonyl (C=O) groups is 1.